The van der Waals surface area contributed by atoms with Crippen LogP contribution in [-0.2, 0) is 9.59 Å². The van der Waals surface area contributed by atoms with Crippen molar-refractivity contribution < 1.29 is 24.5 Å². The maximum atomic E-state index is 13.2. The van der Waals surface area contributed by atoms with E-state index in [1.807, 2.05) is 20.8 Å². The number of aromatic hydroxyl groups is 1. The molecule has 6 nitrogen and oxygen atoms in total. The number of rotatable bonds is 5. The molecule has 0 bridgehead atoms. The smallest absolute Gasteiger partial charge is 0.295 e. The van der Waals surface area contributed by atoms with Gasteiger partial charge in [0.1, 0.15) is 17.3 Å². The molecule has 2 aromatic carbocycles. The van der Waals surface area contributed by atoms with Crippen LogP contribution in [0, 0.1) is 6.92 Å². The lowest BCUT2D eigenvalue weighted by atomic mass is 9.90. The van der Waals surface area contributed by atoms with Gasteiger partial charge in [-0.2, -0.15) is 0 Å². The molecular weight excluding hydrogens is 418 g/mol. The van der Waals surface area contributed by atoms with E-state index in [9.17, 15) is 19.8 Å². The highest BCUT2D eigenvalue weighted by molar-refractivity contribution is 6.46. The number of phenols is 1. The number of Topliss-reactive ketones (excluding diaryl/α,β-unsaturated/α-hetero) is 1. The number of carbonyl (C=O) groups is 2. The largest absolute Gasteiger partial charge is 0.508 e. The van der Waals surface area contributed by atoms with Gasteiger partial charge in [-0.1, -0.05) is 31.4 Å². The molecule has 2 aromatic rings. The third-order valence-electron chi connectivity index (χ3n) is 6.45. The molecular formula is C27H31NO5. The minimum Gasteiger partial charge on any atom is -0.508 e. The van der Waals surface area contributed by atoms with E-state index in [2.05, 4.69) is 0 Å². The second-order valence-electron chi connectivity index (χ2n) is 9.24. The third kappa shape index (κ3) is 4.47. The van der Waals surface area contributed by atoms with Crippen LogP contribution in [0.1, 0.15) is 68.7 Å². The van der Waals surface area contributed by atoms with E-state index in [4.69, 9.17) is 4.74 Å². The number of benzene rings is 2. The fourth-order valence-electron chi connectivity index (χ4n) is 4.95. The lowest BCUT2D eigenvalue weighted by Crippen LogP contribution is -2.40. The van der Waals surface area contributed by atoms with Gasteiger partial charge in [-0.05, 0) is 75.1 Å². The molecule has 1 amide bonds. The zero-order valence-corrected chi connectivity index (χ0v) is 19.4. The molecule has 1 atom stereocenters. The molecule has 6 heteroatoms. The number of hydrogen-bond acceptors (Lipinski definition) is 5. The van der Waals surface area contributed by atoms with E-state index in [0.717, 1.165) is 37.7 Å². The molecule has 1 saturated carbocycles. The lowest BCUT2D eigenvalue weighted by Gasteiger charge is -2.35. The Morgan fingerprint density at radius 3 is 2.42 bits per heavy atom. The molecule has 1 saturated heterocycles. The molecule has 0 radical (unpaired) electrons. The molecule has 2 fully saturated rings. The van der Waals surface area contributed by atoms with Crippen molar-refractivity contribution >= 4 is 17.4 Å². The summed E-state index contributed by atoms with van der Waals surface area (Å²) >= 11 is 0. The van der Waals surface area contributed by atoms with Crippen LogP contribution >= 0.6 is 0 Å². The molecule has 0 aromatic heterocycles. The first-order chi connectivity index (χ1) is 15.8. The van der Waals surface area contributed by atoms with Gasteiger partial charge in [0.2, 0.25) is 0 Å². The Labute approximate surface area is 194 Å². The number of nitrogens with zero attached hydrogens (tertiary/aromatic N) is 1. The van der Waals surface area contributed by atoms with Gasteiger partial charge in [0.15, 0.2) is 0 Å². The average molecular weight is 450 g/mol. The molecule has 1 aliphatic carbocycles. The van der Waals surface area contributed by atoms with E-state index >= 15 is 0 Å². The number of ketones is 1. The number of ether oxygens (including phenoxy) is 1. The van der Waals surface area contributed by atoms with Crippen molar-refractivity contribution in [3.05, 3.63) is 64.7 Å². The fraction of sp³-hybridized carbons (Fsp3) is 0.407. The van der Waals surface area contributed by atoms with Gasteiger partial charge in [-0.25, -0.2) is 0 Å². The van der Waals surface area contributed by atoms with Gasteiger partial charge < -0.3 is 19.8 Å². The molecule has 4 rings (SSSR count). The van der Waals surface area contributed by atoms with Gasteiger partial charge in [-0.3, -0.25) is 9.59 Å². The molecule has 174 valence electrons. The number of aryl methyl sites for hydroxylation is 1. The molecule has 33 heavy (non-hydrogen) atoms. The summed E-state index contributed by atoms with van der Waals surface area (Å²) in [5.74, 6) is -0.736. The van der Waals surface area contributed by atoms with E-state index < -0.39 is 17.7 Å². The summed E-state index contributed by atoms with van der Waals surface area (Å²) in [4.78, 5) is 28.1. The summed E-state index contributed by atoms with van der Waals surface area (Å²) in [6.45, 7) is 5.76. The summed E-state index contributed by atoms with van der Waals surface area (Å²) < 4.78 is 5.79. The first kappa shape index (κ1) is 22.9. The number of likely N-dealkylation sites (tertiary alicyclic amines) is 1. The van der Waals surface area contributed by atoms with Crippen LogP contribution in [0.15, 0.2) is 48.0 Å². The normalized spacial score (nSPS) is 21.1. The van der Waals surface area contributed by atoms with Gasteiger partial charge in [-0.15, -0.1) is 0 Å². The molecule has 2 aliphatic rings. The van der Waals surface area contributed by atoms with E-state index in [1.165, 1.54) is 0 Å². The summed E-state index contributed by atoms with van der Waals surface area (Å²) in [7, 11) is 0. The topological polar surface area (TPSA) is 87.1 Å². The highest BCUT2D eigenvalue weighted by Crippen LogP contribution is 2.43. The minimum absolute atomic E-state index is 0.00900. The third-order valence-corrected chi connectivity index (χ3v) is 6.45. The van der Waals surface area contributed by atoms with Crippen LogP contribution in [0.5, 0.6) is 11.5 Å². The maximum Gasteiger partial charge on any atom is 0.295 e. The first-order valence-corrected chi connectivity index (χ1v) is 11.6. The second-order valence-corrected chi connectivity index (χ2v) is 9.24. The molecule has 1 heterocycles. The summed E-state index contributed by atoms with van der Waals surface area (Å²) in [6.07, 6.45) is 4.76. The first-order valence-electron chi connectivity index (χ1n) is 11.6. The zero-order chi connectivity index (χ0) is 23.7. The quantitative estimate of drug-likeness (QED) is 0.370. The summed E-state index contributed by atoms with van der Waals surface area (Å²) in [6, 6.07) is 11.0. The number of phenolic OH excluding ortho intramolecular Hbond substituents is 1. The summed E-state index contributed by atoms with van der Waals surface area (Å²) in [5, 5.41) is 21.4. The predicted octanol–water partition coefficient (Wildman–Crippen LogP) is 5.24. The number of aliphatic hydroxyl groups excluding tert-OH is 1. The van der Waals surface area contributed by atoms with E-state index in [0.29, 0.717) is 16.9 Å². The number of aliphatic hydroxyl groups is 1. The molecule has 1 unspecified atom stereocenters. The Bertz CT molecular complexity index is 1100. The van der Waals surface area contributed by atoms with Crippen molar-refractivity contribution in [2.75, 3.05) is 0 Å². The Morgan fingerprint density at radius 2 is 1.79 bits per heavy atom. The van der Waals surface area contributed by atoms with Crippen LogP contribution < -0.4 is 4.74 Å². The average Bonchev–Trinajstić information content (AvgIpc) is 3.05. The van der Waals surface area contributed by atoms with Gasteiger partial charge >= 0.3 is 0 Å². The van der Waals surface area contributed by atoms with Crippen molar-refractivity contribution in [1.29, 1.82) is 0 Å². The molecule has 2 N–H and O–H groups in total. The SMILES string of the molecule is Cc1cc(/C(O)=C2/C(=O)C(=O)N(C3CCCCC3)C2c2cccc(O)c2)ccc1OC(C)C. The predicted molar refractivity (Wildman–Crippen MR) is 126 cm³/mol. The van der Waals surface area contributed by atoms with Crippen LogP contribution in [0.2, 0.25) is 0 Å². The van der Waals surface area contributed by atoms with E-state index in [1.54, 1.807) is 47.4 Å². The van der Waals surface area contributed by atoms with Crippen molar-refractivity contribution in [3.63, 3.8) is 0 Å². The molecule has 1 aliphatic heterocycles. The monoisotopic (exact) mass is 449 g/mol. The Hall–Kier alpha value is -3.28. The van der Waals surface area contributed by atoms with Crippen LogP contribution in [-0.4, -0.2) is 38.9 Å². The highest BCUT2D eigenvalue weighted by Gasteiger charge is 2.48. The fourth-order valence-corrected chi connectivity index (χ4v) is 4.95. The van der Waals surface area contributed by atoms with Crippen LogP contribution in [0.3, 0.4) is 0 Å². The molecule has 0 spiro atoms. The summed E-state index contributed by atoms with van der Waals surface area (Å²) in [5.41, 5.74) is 1.95. The number of carbonyl (C=O) groups excluding carboxylic acids is 2. The van der Waals surface area contributed by atoms with Crippen LogP contribution in [0.4, 0.5) is 0 Å². The van der Waals surface area contributed by atoms with Crippen molar-refractivity contribution in [3.8, 4) is 11.5 Å². The van der Waals surface area contributed by atoms with Crippen molar-refractivity contribution in [2.45, 2.75) is 71.1 Å². The Balaban J connectivity index is 1.83. The standard InChI is InChI=1S/C27H31NO5/c1-16(2)33-22-13-12-19(14-17(22)3)25(30)23-24(18-8-7-11-21(29)15-18)28(27(32)26(23)31)20-9-5-4-6-10-20/h7-8,11-16,20,24,29-30H,4-6,9-10H2,1-3H3/b25-23-. The number of amides is 1. The minimum atomic E-state index is -0.743. The van der Waals surface area contributed by atoms with Crippen LogP contribution in [0.25, 0.3) is 5.76 Å². The Morgan fingerprint density at radius 1 is 1.06 bits per heavy atom. The van der Waals surface area contributed by atoms with E-state index in [-0.39, 0.29) is 29.2 Å². The maximum absolute atomic E-state index is 13.2. The lowest BCUT2D eigenvalue weighted by molar-refractivity contribution is -0.141. The number of hydrogen-bond donors (Lipinski definition) is 2. The van der Waals surface area contributed by atoms with Crippen molar-refractivity contribution in [1.82, 2.24) is 4.90 Å². The second kappa shape index (κ2) is 9.30. The highest BCUT2D eigenvalue weighted by atomic mass is 16.5. The Kier molecular flexibility index (Phi) is 6.45. The van der Waals surface area contributed by atoms with Crippen molar-refractivity contribution in [2.24, 2.45) is 0 Å². The van der Waals surface area contributed by atoms with Gasteiger partial charge in [0.25, 0.3) is 11.7 Å². The van der Waals surface area contributed by atoms with Gasteiger partial charge in [0.05, 0.1) is 17.7 Å². The van der Waals surface area contributed by atoms with Gasteiger partial charge in [0, 0.05) is 11.6 Å². The zero-order valence-electron chi connectivity index (χ0n) is 19.4.